The maximum atomic E-state index is 3.35. The van der Waals surface area contributed by atoms with Gasteiger partial charge in [-0.25, -0.2) is 0 Å². The Morgan fingerprint density at radius 1 is 1.29 bits per heavy atom. The molecule has 0 heterocycles. The zero-order valence-electron chi connectivity index (χ0n) is 9.21. The highest BCUT2D eigenvalue weighted by atomic mass is 32.2. The summed E-state index contributed by atoms with van der Waals surface area (Å²) in [5.41, 5.74) is 2.75. The van der Waals surface area contributed by atoms with Crippen LogP contribution in [-0.2, 0) is 6.42 Å². The lowest BCUT2D eigenvalue weighted by Gasteiger charge is -2.14. The molecule has 0 aromatic heterocycles. The third-order valence-electron chi connectivity index (χ3n) is 2.38. The van der Waals surface area contributed by atoms with Crippen molar-refractivity contribution in [2.24, 2.45) is 0 Å². The molecule has 1 unspecified atom stereocenters. The second-order valence-corrected chi connectivity index (χ2v) is 4.54. The largest absolute Gasteiger partial charge is 0.316 e. The van der Waals surface area contributed by atoms with Gasteiger partial charge in [0.1, 0.15) is 0 Å². The summed E-state index contributed by atoms with van der Waals surface area (Å²) in [6, 6.07) is 9.40. The molecule has 78 valence electrons. The van der Waals surface area contributed by atoms with Crippen LogP contribution in [0.5, 0.6) is 0 Å². The van der Waals surface area contributed by atoms with Crippen LogP contribution in [0.2, 0.25) is 0 Å². The highest BCUT2D eigenvalue weighted by molar-refractivity contribution is 7.98. The zero-order chi connectivity index (χ0) is 10.4. The summed E-state index contributed by atoms with van der Waals surface area (Å²) >= 11 is 1.89. The Bertz CT molecular complexity index is 256. The summed E-state index contributed by atoms with van der Waals surface area (Å²) in [5.74, 6) is 1.17. The monoisotopic (exact) mass is 209 g/mol. The van der Waals surface area contributed by atoms with Gasteiger partial charge in [0, 0.05) is 11.8 Å². The van der Waals surface area contributed by atoms with E-state index in [1.807, 2.05) is 18.8 Å². The maximum Gasteiger partial charge on any atom is 0.0195 e. The molecule has 14 heavy (non-hydrogen) atoms. The van der Waals surface area contributed by atoms with Crippen LogP contribution in [0.1, 0.15) is 11.1 Å². The Hall–Kier alpha value is -0.470. The fraction of sp³-hybridized carbons (Fsp3) is 0.500. The molecule has 0 saturated carbocycles. The van der Waals surface area contributed by atoms with Gasteiger partial charge in [0.2, 0.25) is 0 Å². The smallest absolute Gasteiger partial charge is 0.0195 e. The van der Waals surface area contributed by atoms with Crippen molar-refractivity contribution in [1.82, 2.24) is 5.32 Å². The van der Waals surface area contributed by atoms with Crippen LogP contribution < -0.4 is 5.32 Å². The molecule has 1 N–H and O–H groups in total. The van der Waals surface area contributed by atoms with Crippen molar-refractivity contribution < 1.29 is 0 Å². The molecule has 1 nitrogen and oxygen atoms in total. The number of nitrogens with one attached hydrogen (secondary N) is 1. The van der Waals surface area contributed by atoms with Crippen LogP contribution in [0, 0.1) is 6.92 Å². The highest BCUT2D eigenvalue weighted by Gasteiger charge is 2.05. The van der Waals surface area contributed by atoms with Gasteiger partial charge < -0.3 is 5.32 Å². The number of likely N-dealkylation sites (N-methyl/N-ethyl adjacent to an activating group) is 1. The number of aryl methyl sites for hydroxylation is 1. The molecule has 0 amide bonds. The summed E-state index contributed by atoms with van der Waals surface area (Å²) in [6.45, 7) is 2.13. The Balaban J connectivity index is 2.53. The van der Waals surface area contributed by atoms with Gasteiger partial charge in [-0.1, -0.05) is 29.8 Å². The van der Waals surface area contributed by atoms with Gasteiger partial charge in [-0.05, 0) is 32.2 Å². The van der Waals surface area contributed by atoms with E-state index < -0.39 is 0 Å². The molecule has 0 aliphatic carbocycles. The zero-order valence-corrected chi connectivity index (χ0v) is 10.0. The average Bonchev–Trinajstić information content (AvgIpc) is 2.20. The topological polar surface area (TPSA) is 12.0 Å². The normalized spacial score (nSPS) is 12.8. The predicted octanol–water partition coefficient (Wildman–Crippen LogP) is 2.49. The lowest BCUT2D eigenvalue weighted by Crippen LogP contribution is -2.29. The molecule has 0 saturated heterocycles. The van der Waals surface area contributed by atoms with Gasteiger partial charge in [-0.3, -0.25) is 0 Å². The average molecular weight is 209 g/mol. The summed E-state index contributed by atoms with van der Waals surface area (Å²) in [4.78, 5) is 0. The van der Waals surface area contributed by atoms with Crippen LogP contribution in [-0.4, -0.2) is 25.1 Å². The Labute approximate surface area is 91.3 Å². The van der Waals surface area contributed by atoms with Gasteiger partial charge in [0.05, 0.1) is 0 Å². The number of hydrogen-bond acceptors (Lipinski definition) is 2. The van der Waals surface area contributed by atoms with E-state index >= 15 is 0 Å². The van der Waals surface area contributed by atoms with Crippen molar-refractivity contribution >= 4 is 11.8 Å². The number of thioether (sulfide) groups is 1. The summed E-state index contributed by atoms with van der Waals surface area (Å²) in [6.07, 6.45) is 3.27. The third kappa shape index (κ3) is 3.72. The molecular weight excluding hydrogens is 190 g/mol. The minimum Gasteiger partial charge on any atom is -0.316 e. The number of rotatable bonds is 5. The number of benzene rings is 1. The predicted molar refractivity (Wildman–Crippen MR) is 66.1 cm³/mol. The molecule has 0 bridgehead atoms. The van der Waals surface area contributed by atoms with E-state index in [1.54, 1.807) is 0 Å². The highest BCUT2D eigenvalue weighted by Crippen LogP contribution is 2.08. The molecule has 1 aromatic carbocycles. The van der Waals surface area contributed by atoms with Crippen molar-refractivity contribution in [2.45, 2.75) is 19.4 Å². The molecule has 1 aromatic rings. The van der Waals surface area contributed by atoms with Crippen LogP contribution >= 0.6 is 11.8 Å². The van der Waals surface area contributed by atoms with Gasteiger partial charge in [0.25, 0.3) is 0 Å². The SMILES string of the molecule is CNC(CSC)Cc1ccc(C)cc1. The van der Waals surface area contributed by atoms with E-state index in [2.05, 4.69) is 42.8 Å². The van der Waals surface area contributed by atoms with Gasteiger partial charge in [0.15, 0.2) is 0 Å². The lowest BCUT2D eigenvalue weighted by atomic mass is 10.1. The Morgan fingerprint density at radius 3 is 2.43 bits per heavy atom. The van der Waals surface area contributed by atoms with E-state index in [4.69, 9.17) is 0 Å². The molecule has 0 spiro atoms. The minimum absolute atomic E-state index is 0.590. The summed E-state index contributed by atoms with van der Waals surface area (Å²) in [5, 5.41) is 3.35. The first-order chi connectivity index (χ1) is 6.76. The molecule has 2 heteroatoms. The quantitative estimate of drug-likeness (QED) is 0.799. The molecular formula is C12H19NS. The van der Waals surface area contributed by atoms with E-state index in [1.165, 1.54) is 16.9 Å². The van der Waals surface area contributed by atoms with Gasteiger partial charge in [-0.15, -0.1) is 0 Å². The van der Waals surface area contributed by atoms with E-state index in [0.717, 1.165) is 6.42 Å². The molecule has 1 rings (SSSR count). The first kappa shape index (κ1) is 11.6. The molecule has 0 aliphatic heterocycles. The van der Waals surface area contributed by atoms with Crippen molar-refractivity contribution in [1.29, 1.82) is 0 Å². The fourth-order valence-corrected chi connectivity index (χ4v) is 2.14. The maximum absolute atomic E-state index is 3.35. The first-order valence-electron chi connectivity index (χ1n) is 4.98. The standard InChI is InChI=1S/C12H19NS/c1-10-4-6-11(7-5-10)8-12(13-2)9-14-3/h4-7,12-13H,8-9H2,1-3H3. The van der Waals surface area contributed by atoms with Crippen molar-refractivity contribution in [3.8, 4) is 0 Å². The Morgan fingerprint density at radius 2 is 1.93 bits per heavy atom. The molecule has 0 fully saturated rings. The summed E-state index contributed by atoms with van der Waals surface area (Å²) in [7, 11) is 2.04. The lowest BCUT2D eigenvalue weighted by molar-refractivity contribution is 0.617. The van der Waals surface area contributed by atoms with Crippen LogP contribution in [0.15, 0.2) is 24.3 Å². The third-order valence-corrected chi connectivity index (χ3v) is 3.11. The molecule has 1 atom stereocenters. The van der Waals surface area contributed by atoms with Gasteiger partial charge >= 0.3 is 0 Å². The fourth-order valence-electron chi connectivity index (χ4n) is 1.45. The van der Waals surface area contributed by atoms with Crippen LogP contribution in [0.4, 0.5) is 0 Å². The molecule has 0 radical (unpaired) electrons. The first-order valence-corrected chi connectivity index (χ1v) is 6.37. The van der Waals surface area contributed by atoms with Crippen molar-refractivity contribution in [3.05, 3.63) is 35.4 Å². The van der Waals surface area contributed by atoms with Crippen molar-refractivity contribution in [2.75, 3.05) is 19.1 Å². The molecule has 0 aliphatic rings. The second kappa shape index (κ2) is 6.10. The van der Waals surface area contributed by atoms with Crippen LogP contribution in [0.3, 0.4) is 0 Å². The van der Waals surface area contributed by atoms with Crippen molar-refractivity contribution in [3.63, 3.8) is 0 Å². The van der Waals surface area contributed by atoms with Gasteiger partial charge in [-0.2, -0.15) is 11.8 Å². The van der Waals surface area contributed by atoms with E-state index in [9.17, 15) is 0 Å². The minimum atomic E-state index is 0.590. The second-order valence-electron chi connectivity index (χ2n) is 3.63. The number of hydrogen-bond donors (Lipinski definition) is 1. The summed E-state index contributed by atoms with van der Waals surface area (Å²) < 4.78 is 0. The van der Waals surface area contributed by atoms with E-state index in [0.29, 0.717) is 6.04 Å². The van der Waals surface area contributed by atoms with E-state index in [-0.39, 0.29) is 0 Å². The van der Waals surface area contributed by atoms with Crippen LogP contribution in [0.25, 0.3) is 0 Å². The Kier molecular flexibility index (Phi) is 5.05.